The van der Waals surface area contributed by atoms with Crippen LogP contribution in [0.3, 0.4) is 0 Å². The van der Waals surface area contributed by atoms with Gasteiger partial charge in [-0.15, -0.1) is 0 Å². The monoisotopic (exact) mass is 1870 g/mol. The molecule has 0 aliphatic heterocycles. The molecule has 0 aromatic heterocycles. The topological polar surface area (TPSA) is 429 Å². The standard InChI is InChI=1S/C85H169N3O40/c1-85(79-126-11-5-82(89)86-8-14-95-23-26-101-35-38-107-47-50-113-59-62-119-68-65-116-56-53-110-44-41-104-32-29-98-20-17-92-2,80-127-12-6-83(90)87-9-15-96-24-27-102-36-39-108-48-51-114-60-63-120-71-73-124-77-75-122-69-66-117-57-54-111-45-42-105-33-30-99-21-18-93-3)81-128-13-7-84(91)88-10-16-97-25-28-103-37-40-109-49-52-115-61-64-121-72-74-125-78-76-123-70-67-118-58-55-112-46-43-106-34-31-100-22-19-94-4/h5-81H2,1-4H3,(H,86,89)(H,87,90)(H,88,91). The number of hydrogen-bond donors (Lipinski definition) is 3. The largest absolute Gasteiger partial charge is 0.382 e. The van der Waals surface area contributed by atoms with Gasteiger partial charge in [0, 0.05) is 65.6 Å². The molecule has 0 saturated heterocycles. The number of amides is 3. The van der Waals surface area contributed by atoms with E-state index in [4.69, 9.17) is 175 Å². The molecule has 0 fully saturated rings. The number of nitrogens with one attached hydrogen (secondary N) is 3. The minimum absolute atomic E-state index is 0.113. The first-order chi connectivity index (χ1) is 63.4. The molecule has 764 valence electrons. The van der Waals surface area contributed by atoms with Crippen molar-refractivity contribution in [3.05, 3.63) is 0 Å². The van der Waals surface area contributed by atoms with Crippen molar-refractivity contribution in [1.29, 1.82) is 0 Å². The van der Waals surface area contributed by atoms with Crippen LogP contribution in [0.2, 0.25) is 0 Å². The second-order valence-electron chi connectivity index (χ2n) is 27.2. The van der Waals surface area contributed by atoms with Crippen molar-refractivity contribution < 1.29 is 190 Å². The Balaban J connectivity index is 4.25. The zero-order chi connectivity index (χ0) is 92.0. The van der Waals surface area contributed by atoms with Crippen LogP contribution >= 0.6 is 0 Å². The van der Waals surface area contributed by atoms with Crippen LogP contribution in [-0.2, 0) is 190 Å². The Labute approximate surface area is 762 Å². The molecule has 0 spiro atoms. The van der Waals surface area contributed by atoms with E-state index in [1.54, 1.807) is 21.3 Å². The van der Waals surface area contributed by atoms with E-state index in [0.717, 1.165) is 0 Å². The summed E-state index contributed by atoms with van der Waals surface area (Å²) in [5, 5.41) is 8.52. The molecule has 0 atom stereocenters. The zero-order valence-electron chi connectivity index (χ0n) is 78.3. The molecule has 0 rings (SSSR count). The van der Waals surface area contributed by atoms with Gasteiger partial charge in [0.1, 0.15) is 0 Å². The van der Waals surface area contributed by atoms with E-state index >= 15 is 0 Å². The lowest BCUT2D eigenvalue weighted by molar-refractivity contribution is -0.123. The smallest absolute Gasteiger partial charge is 0.222 e. The van der Waals surface area contributed by atoms with Crippen LogP contribution in [0, 0.1) is 5.41 Å². The Morgan fingerprint density at radius 2 is 0.250 bits per heavy atom. The second kappa shape index (κ2) is 113. The predicted octanol–water partition coefficient (Wildman–Crippen LogP) is 0.0152. The van der Waals surface area contributed by atoms with E-state index in [0.29, 0.717) is 449 Å². The Hall–Kier alpha value is -3.07. The molecule has 0 aliphatic rings. The van der Waals surface area contributed by atoms with Gasteiger partial charge in [-0.25, -0.2) is 0 Å². The Morgan fingerprint density at radius 3 is 0.359 bits per heavy atom. The summed E-state index contributed by atoms with van der Waals surface area (Å²) < 4.78 is 204. The molecular formula is C85H169N3O40. The Kier molecular flexibility index (Phi) is 110. The van der Waals surface area contributed by atoms with E-state index in [-0.39, 0.29) is 76.6 Å². The first kappa shape index (κ1) is 125. The van der Waals surface area contributed by atoms with Gasteiger partial charge in [-0.3, -0.25) is 14.4 Å². The van der Waals surface area contributed by atoms with Crippen LogP contribution in [-0.4, -0.2) is 528 Å². The normalized spacial score (nSPS) is 11.8. The fourth-order valence-electron chi connectivity index (χ4n) is 9.52. The van der Waals surface area contributed by atoms with Crippen LogP contribution in [0.5, 0.6) is 0 Å². The third-order valence-corrected chi connectivity index (χ3v) is 16.2. The van der Waals surface area contributed by atoms with E-state index in [1.165, 1.54) is 0 Å². The molecule has 3 amide bonds. The van der Waals surface area contributed by atoms with Gasteiger partial charge in [-0.05, 0) is 0 Å². The fraction of sp³-hybridized carbons (Fsp3) is 0.965. The molecule has 43 heteroatoms. The summed E-state index contributed by atoms with van der Waals surface area (Å²) in [6.07, 6.45) is 0.340. The van der Waals surface area contributed by atoms with Gasteiger partial charge in [-0.2, -0.15) is 0 Å². The van der Waals surface area contributed by atoms with Gasteiger partial charge >= 0.3 is 0 Å². The van der Waals surface area contributed by atoms with Crippen LogP contribution in [0.25, 0.3) is 0 Å². The molecule has 0 aromatic carbocycles. The van der Waals surface area contributed by atoms with Crippen LogP contribution in [0.4, 0.5) is 0 Å². The summed E-state index contributed by atoms with van der Waals surface area (Å²) in [6.45, 7) is 33.7. The minimum Gasteiger partial charge on any atom is -0.382 e. The van der Waals surface area contributed by atoms with E-state index in [1.807, 2.05) is 6.92 Å². The van der Waals surface area contributed by atoms with Crippen molar-refractivity contribution in [2.45, 2.75) is 26.2 Å². The van der Waals surface area contributed by atoms with Crippen LogP contribution in [0.15, 0.2) is 0 Å². The van der Waals surface area contributed by atoms with Crippen molar-refractivity contribution in [1.82, 2.24) is 16.0 Å². The molecule has 43 nitrogen and oxygen atoms in total. The minimum atomic E-state index is -0.684. The number of methoxy groups -OCH3 is 3. The van der Waals surface area contributed by atoms with Gasteiger partial charge < -0.3 is 191 Å². The van der Waals surface area contributed by atoms with E-state index < -0.39 is 5.41 Å². The Bertz CT molecular complexity index is 2020. The average Bonchev–Trinajstić information content (AvgIpc) is 0.896. The van der Waals surface area contributed by atoms with Crippen molar-refractivity contribution in [2.75, 3.05) is 510 Å². The molecule has 128 heavy (non-hydrogen) atoms. The molecule has 0 heterocycles. The van der Waals surface area contributed by atoms with Gasteiger partial charge in [0.25, 0.3) is 0 Å². The van der Waals surface area contributed by atoms with E-state index in [2.05, 4.69) is 16.0 Å². The molecule has 0 unspecified atom stereocenters. The summed E-state index contributed by atoms with van der Waals surface area (Å²) >= 11 is 0. The Morgan fingerprint density at radius 1 is 0.148 bits per heavy atom. The van der Waals surface area contributed by atoms with Crippen molar-refractivity contribution in [3.8, 4) is 0 Å². The maximum absolute atomic E-state index is 12.7. The lowest BCUT2D eigenvalue weighted by Gasteiger charge is -2.29. The first-order valence-electron chi connectivity index (χ1n) is 45.3. The molecular weight excluding hydrogens is 1700 g/mol. The van der Waals surface area contributed by atoms with Gasteiger partial charge in [0.2, 0.25) is 17.7 Å². The fourth-order valence-corrected chi connectivity index (χ4v) is 9.52. The quantitative estimate of drug-likeness (QED) is 0.0675. The number of hydrogen-bond acceptors (Lipinski definition) is 40. The highest BCUT2D eigenvalue weighted by atomic mass is 16.6. The van der Waals surface area contributed by atoms with Gasteiger partial charge in [0.05, 0.1) is 469 Å². The van der Waals surface area contributed by atoms with Crippen LogP contribution in [0.1, 0.15) is 26.2 Å². The summed E-state index contributed by atoms with van der Waals surface area (Å²) in [4.78, 5) is 38.0. The molecule has 0 radical (unpaired) electrons. The summed E-state index contributed by atoms with van der Waals surface area (Å²) in [5.41, 5.74) is -0.684. The predicted molar refractivity (Wildman–Crippen MR) is 464 cm³/mol. The lowest BCUT2D eigenvalue weighted by Crippen LogP contribution is -2.36. The third-order valence-electron chi connectivity index (χ3n) is 16.2. The highest BCUT2D eigenvalue weighted by molar-refractivity contribution is 5.76. The zero-order valence-corrected chi connectivity index (χ0v) is 78.3. The highest BCUT2D eigenvalue weighted by Crippen LogP contribution is 2.19. The maximum Gasteiger partial charge on any atom is 0.222 e. The molecule has 0 saturated carbocycles. The number of carbonyl (C=O) groups excluding carboxylic acids is 3. The summed E-state index contributed by atoms with van der Waals surface area (Å²) in [5.74, 6) is -0.599. The van der Waals surface area contributed by atoms with Crippen molar-refractivity contribution in [2.24, 2.45) is 5.41 Å². The second-order valence-corrected chi connectivity index (χ2v) is 27.2. The van der Waals surface area contributed by atoms with Gasteiger partial charge in [-0.1, -0.05) is 6.92 Å². The lowest BCUT2D eigenvalue weighted by atomic mass is 9.94. The summed E-state index contributed by atoms with van der Waals surface area (Å²) in [6, 6.07) is 0. The first-order valence-corrected chi connectivity index (χ1v) is 45.3. The van der Waals surface area contributed by atoms with Crippen molar-refractivity contribution in [3.63, 3.8) is 0 Å². The highest BCUT2D eigenvalue weighted by Gasteiger charge is 2.27. The maximum atomic E-state index is 12.7. The number of carbonyl (C=O) groups is 3. The van der Waals surface area contributed by atoms with Gasteiger partial charge in [0.15, 0.2) is 0 Å². The molecule has 0 aromatic rings. The number of rotatable bonds is 117. The van der Waals surface area contributed by atoms with E-state index in [9.17, 15) is 14.4 Å². The number of ether oxygens (including phenoxy) is 37. The molecule has 0 aliphatic carbocycles. The molecule has 3 N–H and O–H groups in total. The average molecular weight is 1870 g/mol. The van der Waals surface area contributed by atoms with Crippen molar-refractivity contribution >= 4 is 17.7 Å². The SMILES string of the molecule is COCCOCCOCCOCCOCCOCCOCCOCCOCCOCCNC(=O)CCOCC(C)(COCCC(=O)NCCOCCOCCOCCOCCOCCOCCOCCOCCOCCOCCOCCOC)COCCC(=O)NCCOCCOCCOCCOCCOCCOCCOCCOCCOCCOCCOCCOC. The summed E-state index contributed by atoms with van der Waals surface area (Å²) in [7, 11) is 4.91. The third kappa shape index (κ3) is 110. The molecule has 0 bridgehead atoms. The van der Waals surface area contributed by atoms with Crippen LogP contribution < -0.4 is 16.0 Å².